The molecule has 0 atom stereocenters. The zero-order chi connectivity index (χ0) is 33.3. The van der Waals surface area contributed by atoms with Gasteiger partial charge in [-0.1, -0.05) is 133 Å². The Hall–Kier alpha value is -6.12. The molecule has 2 nitrogen and oxygen atoms in total. The summed E-state index contributed by atoms with van der Waals surface area (Å²) in [6.07, 6.45) is 0. The van der Waals surface area contributed by atoms with E-state index in [0.29, 0.717) is 0 Å². The van der Waals surface area contributed by atoms with Gasteiger partial charge in [-0.05, 0) is 126 Å². The molecule has 0 amide bonds. The summed E-state index contributed by atoms with van der Waals surface area (Å²) < 4.78 is 0. The third kappa shape index (κ3) is 4.34. The number of rotatable bonds is 4. The van der Waals surface area contributed by atoms with Crippen LogP contribution in [0.5, 0.6) is 11.5 Å². The second-order valence-electron chi connectivity index (χ2n) is 13.3. The fourth-order valence-electron chi connectivity index (χ4n) is 8.19. The summed E-state index contributed by atoms with van der Waals surface area (Å²) in [5.41, 5.74) is 12.5. The maximum Gasteiger partial charge on any atom is 0.118 e. The highest BCUT2D eigenvalue weighted by atomic mass is 16.3. The third-order valence-electron chi connectivity index (χ3n) is 10.6. The average molecular weight is 631 g/mol. The van der Waals surface area contributed by atoms with Crippen LogP contribution < -0.4 is 0 Å². The maximum atomic E-state index is 10.7. The normalized spacial score (nSPS) is 13.0. The van der Waals surface area contributed by atoms with Gasteiger partial charge in [0, 0.05) is 0 Å². The monoisotopic (exact) mass is 630 g/mol. The van der Waals surface area contributed by atoms with E-state index >= 15 is 0 Å². The molecule has 2 N–H and O–H groups in total. The first-order chi connectivity index (χ1) is 23.9. The van der Waals surface area contributed by atoms with Gasteiger partial charge in [-0.25, -0.2) is 0 Å². The molecule has 0 aliphatic heterocycles. The molecule has 1 aliphatic rings. The van der Waals surface area contributed by atoms with Crippen molar-refractivity contribution in [3.63, 3.8) is 0 Å². The summed E-state index contributed by atoms with van der Waals surface area (Å²) in [6.45, 7) is 3.91. The lowest BCUT2D eigenvalue weighted by atomic mass is 9.67. The van der Waals surface area contributed by atoms with Crippen LogP contribution in [0.25, 0.3) is 54.9 Å². The number of phenols is 2. The van der Waals surface area contributed by atoms with E-state index < -0.39 is 5.41 Å². The molecule has 0 unspecified atom stereocenters. The molecular formula is C47H34O2. The number of aryl methyl sites for hydroxylation is 2. The van der Waals surface area contributed by atoms with Crippen molar-refractivity contribution >= 4 is 21.5 Å². The van der Waals surface area contributed by atoms with Crippen molar-refractivity contribution in [3.8, 4) is 44.9 Å². The Morgan fingerprint density at radius 3 is 1.27 bits per heavy atom. The minimum Gasteiger partial charge on any atom is -0.508 e. The SMILES string of the molecule is Cc1cc(C2(c3ccc(O)c(C)c3)c3ccc(-c4cccc5ccccc45)cc3-c3cc(-c4cccc5ccccc45)ccc32)ccc1O. The van der Waals surface area contributed by atoms with E-state index in [1.165, 1.54) is 54.9 Å². The smallest absolute Gasteiger partial charge is 0.118 e. The summed E-state index contributed by atoms with van der Waals surface area (Å²) in [7, 11) is 0. The molecule has 0 fully saturated rings. The van der Waals surface area contributed by atoms with Gasteiger partial charge < -0.3 is 10.2 Å². The summed E-state index contributed by atoms with van der Waals surface area (Å²) in [6, 6.07) is 56.0. The highest BCUT2D eigenvalue weighted by Gasteiger charge is 2.46. The van der Waals surface area contributed by atoms with Crippen LogP contribution in [0, 0.1) is 13.8 Å². The summed E-state index contributed by atoms with van der Waals surface area (Å²) in [4.78, 5) is 0. The van der Waals surface area contributed by atoms with Crippen molar-refractivity contribution in [2.75, 3.05) is 0 Å². The van der Waals surface area contributed by atoms with Gasteiger partial charge >= 0.3 is 0 Å². The van der Waals surface area contributed by atoms with Crippen LogP contribution in [0.15, 0.2) is 158 Å². The molecule has 0 bridgehead atoms. The van der Waals surface area contributed by atoms with E-state index in [4.69, 9.17) is 0 Å². The minimum absolute atomic E-state index is 0.275. The lowest BCUT2D eigenvalue weighted by Gasteiger charge is -2.34. The van der Waals surface area contributed by atoms with Crippen molar-refractivity contribution in [2.45, 2.75) is 19.3 Å². The maximum absolute atomic E-state index is 10.7. The van der Waals surface area contributed by atoms with Gasteiger partial charge in [0.15, 0.2) is 0 Å². The first-order valence-electron chi connectivity index (χ1n) is 16.8. The number of benzene rings is 8. The second kappa shape index (κ2) is 11.0. The van der Waals surface area contributed by atoms with Gasteiger partial charge in [0.25, 0.3) is 0 Å². The molecule has 0 radical (unpaired) electrons. The van der Waals surface area contributed by atoms with E-state index in [0.717, 1.165) is 33.4 Å². The first-order valence-corrected chi connectivity index (χ1v) is 16.8. The standard InChI is InChI=1S/C47H34O2/c1-29-25-35(19-23-45(29)48)47(36-20-24-46(49)30(2)26-36)43-21-17-33(39-15-7-11-31-9-3-5-13-37(31)39)27-41(43)42-28-34(18-22-44(42)47)40-16-8-12-32-10-4-6-14-38(32)40/h3-28,48-49H,1-2H3. The van der Waals surface area contributed by atoms with Crippen LogP contribution in [0.1, 0.15) is 33.4 Å². The van der Waals surface area contributed by atoms with Gasteiger partial charge in [0.2, 0.25) is 0 Å². The van der Waals surface area contributed by atoms with Crippen LogP contribution >= 0.6 is 0 Å². The number of hydrogen-bond acceptors (Lipinski definition) is 2. The van der Waals surface area contributed by atoms with E-state index in [2.05, 4.69) is 146 Å². The predicted octanol–water partition coefficient (Wildman–Crippen LogP) is 11.7. The highest BCUT2D eigenvalue weighted by molar-refractivity contribution is 6.01. The Morgan fingerprint density at radius 1 is 0.388 bits per heavy atom. The van der Waals surface area contributed by atoms with E-state index in [1.54, 1.807) is 0 Å². The Labute approximate surface area is 286 Å². The third-order valence-corrected chi connectivity index (χ3v) is 10.6. The summed E-state index contributed by atoms with van der Waals surface area (Å²) in [5.74, 6) is 0.550. The van der Waals surface area contributed by atoms with Crippen molar-refractivity contribution in [2.24, 2.45) is 0 Å². The first kappa shape index (κ1) is 29.1. The lowest BCUT2D eigenvalue weighted by Crippen LogP contribution is -2.28. The Kier molecular flexibility index (Phi) is 6.50. The Balaban J connectivity index is 1.39. The van der Waals surface area contributed by atoms with Crippen LogP contribution in [0.4, 0.5) is 0 Å². The van der Waals surface area contributed by atoms with Crippen LogP contribution in [0.3, 0.4) is 0 Å². The Morgan fingerprint density at radius 2 is 0.816 bits per heavy atom. The predicted molar refractivity (Wildman–Crippen MR) is 202 cm³/mol. The van der Waals surface area contributed by atoms with Crippen LogP contribution in [-0.2, 0) is 5.41 Å². The molecule has 234 valence electrons. The number of hydrogen-bond donors (Lipinski definition) is 2. The molecule has 1 aliphatic carbocycles. The van der Waals surface area contributed by atoms with Crippen LogP contribution in [-0.4, -0.2) is 10.2 Å². The van der Waals surface area contributed by atoms with E-state index in [-0.39, 0.29) is 11.5 Å². The number of fused-ring (bicyclic) bond motifs is 5. The molecule has 0 saturated heterocycles. The zero-order valence-corrected chi connectivity index (χ0v) is 27.4. The second-order valence-corrected chi connectivity index (χ2v) is 13.3. The molecule has 2 heteroatoms. The summed E-state index contributed by atoms with van der Waals surface area (Å²) in [5, 5.41) is 26.2. The molecule has 0 spiro atoms. The fourth-order valence-corrected chi connectivity index (χ4v) is 8.19. The Bertz CT molecular complexity index is 2420. The molecule has 9 rings (SSSR count). The van der Waals surface area contributed by atoms with Gasteiger partial charge in [0.05, 0.1) is 5.41 Å². The van der Waals surface area contributed by atoms with E-state index in [9.17, 15) is 10.2 Å². The van der Waals surface area contributed by atoms with Crippen molar-refractivity contribution in [1.29, 1.82) is 0 Å². The topological polar surface area (TPSA) is 40.5 Å². The summed E-state index contributed by atoms with van der Waals surface area (Å²) >= 11 is 0. The zero-order valence-electron chi connectivity index (χ0n) is 27.4. The van der Waals surface area contributed by atoms with Crippen molar-refractivity contribution < 1.29 is 10.2 Å². The molecule has 49 heavy (non-hydrogen) atoms. The molecular weight excluding hydrogens is 597 g/mol. The van der Waals surface area contributed by atoms with E-state index in [1.807, 2.05) is 26.0 Å². The van der Waals surface area contributed by atoms with Gasteiger partial charge in [-0.2, -0.15) is 0 Å². The fraction of sp³-hybridized carbons (Fsp3) is 0.0638. The number of phenolic OH excluding ortho intramolecular Hbond substituents is 2. The van der Waals surface area contributed by atoms with Gasteiger partial charge in [-0.15, -0.1) is 0 Å². The van der Waals surface area contributed by atoms with Crippen LogP contribution in [0.2, 0.25) is 0 Å². The molecule has 0 aromatic heterocycles. The van der Waals surface area contributed by atoms with Gasteiger partial charge in [0.1, 0.15) is 11.5 Å². The van der Waals surface area contributed by atoms with Crippen molar-refractivity contribution in [1.82, 2.24) is 0 Å². The highest BCUT2D eigenvalue weighted by Crippen LogP contribution is 2.58. The molecule has 0 saturated carbocycles. The molecule has 8 aromatic carbocycles. The largest absolute Gasteiger partial charge is 0.508 e. The lowest BCUT2D eigenvalue weighted by molar-refractivity contribution is 0.470. The van der Waals surface area contributed by atoms with Gasteiger partial charge in [-0.3, -0.25) is 0 Å². The average Bonchev–Trinajstić information content (AvgIpc) is 3.43. The quantitative estimate of drug-likeness (QED) is 0.203. The minimum atomic E-state index is -0.684. The number of aromatic hydroxyl groups is 2. The molecule has 0 heterocycles. The molecule has 8 aromatic rings. The van der Waals surface area contributed by atoms with Crippen molar-refractivity contribution in [3.05, 3.63) is 191 Å².